The van der Waals surface area contributed by atoms with E-state index in [1.54, 1.807) is 18.9 Å². The van der Waals surface area contributed by atoms with Crippen LogP contribution in [0.15, 0.2) is 59.8 Å². The Morgan fingerprint density at radius 3 is 2.48 bits per heavy atom. The summed E-state index contributed by atoms with van der Waals surface area (Å²) in [6, 6.07) is 17.4. The van der Waals surface area contributed by atoms with Crippen molar-refractivity contribution in [1.29, 1.82) is 0 Å². The lowest BCUT2D eigenvalue weighted by Gasteiger charge is -2.06. The molecule has 0 fully saturated rings. The van der Waals surface area contributed by atoms with Crippen LogP contribution in [0.1, 0.15) is 6.42 Å². The molecule has 1 aromatic heterocycles. The number of methoxy groups -OCH3 is 1. The zero-order valence-corrected chi connectivity index (χ0v) is 14.8. The first-order valence-corrected chi connectivity index (χ1v) is 8.92. The van der Waals surface area contributed by atoms with Crippen molar-refractivity contribution in [2.45, 2.75) is 11.6 Å². The Kier molecular flexibility index (Phi) is 5.79. The minimum atomic E-state index is 0.630. The number of thioether (sulfide) groups is 1. The molecule has 0 saturated heterocycles. The second-order valence-electron chi connectivity index (χ2n) is 5.27. The van der Waals surface area contributed by atoms with Crippen molar-refractivity contribution in [2.24, 2.45) is 0 Å². The molecule has 3 rings (SSSR count). The van der Waals surface area contributed by atoms with Gasteiger partial charge in [0.15, 0.2) is 5.82 Å². The fourth-order valence-electron chi connectivity index (χ4n) is 2.24. The summed E-state index contributed by atoms with van der Waals surface area (Å²) >= 11 is 1.56. The highest BCUT2D eigenvalue weighted by atomic mass is 32.2. The summed E-state index contributed by atoms with van der Waals surface area (Å²) in [6.45, 7) is 0.654. The second-order valence-corrected chi connectivity index (χ2v) is 6.33. The van der Waals surface area contributed by atoms with Gasteiger partial charge in [0.1, 0.15) is 11.5 Å². The van der Waals surface area contributed by atoms with Crippen LogP contribution in [0.5, 0.6) is 11.5 Å². The quantitative estimate of drug-likeness (QED) is 0.379. The summed E-state index contributed by atoms with van der Waals surface area (Å²) < 4.78 is 12.3. The van der Waals surface area contributed by atoms with Crippen molar-refractivity contribution < 1.29 is 9.47 Å². The van der Waals surface area contributed by atoms with Gasteiger partial charge in [-0.25, -0.2) is 4.68 Å². The number of nitrogens with zero attached hydrogens (tertiary/aromatic N) is 3. The second kappa shape index (κ2) is 8.43. The van der Waals surface area contributed by atoms with Gasteiger partial charge < -0.3 is 15.3 Å². The van der Waals surface area contributed by atoms with Crippen LogP contribution in [0.3, 0.4) is 0 Å². The number of hydrogen-bond acceptors (Lipinski definition) is 6. The molecule has 0 unspecified atom stereocenters. The minimum absolute atomic E-state index is 0.630. The zero-order valence-electron chi connectivity index (χ0n) is 14.0. The SMILES string of the molecule is COc1ccc(-c2nnc(SCCCOc3ccccc3)n2N)cc1. The predicted octanol–water partition coefficient (Wildman–Crippen LogP) is 3.23. The van der Waals surface area contributed by atoms with Crippen LogP contribution in [-0.2, 0) is 0 Å². The van der Waals surface area contributed by atoms with Crippen molar-refractivity contribution in [2.75, 3.05) is 25.3 Å². The molecule has 0 radical (unpaired) electrons. The van der Waals surface area contributed by atoms with E-state index in [-0.39, 0.29) is 0 Å². The highest BCUT2D eigenvalue weighted by Crippen LogP contribution is 2.23. The maximum Gasteiger partial charge on any atom is 0.210 e. The summed E-state index contributed by atoms with van der Waals surface area (Å²) in [5.41, 5.74) is 0.898. The molecule has 2 aromatic carbocycles. The van der Waals surface area contributed by atoms with Crippen LogP contribution in [0.4, 0.5) is 0 Å². The van der Waals surface area contributed by atoms with E-state index in [2.05, 4.69) is 10.2 Å². The highest BCUT2D eigenvalue weighted by Gasteiger charge is 2.12. The van der Waals surface area contributed by atoms with E-state index in [0.29, 0.717) is 17.6 Å². The first kappa shape index (κ1) is 17.2. The molecule has 6 nitrogen and oxygen atoms in total. The van der Waals surface area contributed by atoms with E-state index in [4.69, 9.17) is 15.3 Å². The van der Waals surface area contributed by atoms with Gasteiger partial charge in [0, 0.05) is 11.3 Å². The van der Waals surface area contributed by atoms with Gasteiger partial charge in [-0.15, -0.1) is 10.2 Å². The van der Waals surface area contributed by atoms with Crippen molar-refractivity contribution in [3.05, 3.63) is 54.6 Å². The molecule has 0 saturated carbocycles. The van der Waals surface area contributed by atoms with Crippen molar-refractivity contribution >= 4 is 11.8 Å². The maximum absolute atomic E-state index is 6.12. The van der Waals surface area contributed by atoms with E-state index in [9.17, 15) is 0 Å². The maximum atomic E-state index is 6.12. The Hall–Kier alpha value is -2.67. The fourth-order valence-corrected chi connectivity index (χ4v) is 3.01. The lowest BCUT2D eigenvalue weighted by Crippen LogP contribution is -2.11. The molecule has 0 bridgehead atoms. The molecule has 130 valence electrons. The number of aromatic nitrogens is 3. The molecular weight excluding hydrogens is 336 g/mol. The van der Waals surface area contributed by atoms with Crippen LogP contribution in [0.25, 0.3) is 11.4 Å². The van der Waals surface area contributed by atoms with Crippen LogP contribution in [-0.4, -0.2) is 34.3 Å². The monoisotopic (exact) mass is 356 g/mol. The van der Waals surface area contributed by atoms with Gasteiger partial charge >= 0.3 is 0 Å². The Morgan fingerprint density at radius 2 is 1.76 bits per heavy atom. The summed E-state index contributed by atoms with van der Waals surface area (Å²) in [4.78, 5) is 0. The fraction of sp³-hybridized carbons (Fsp3) is 0.222. The largest absolute Gasteiger partial charge is 0.497 e. The van der Waals surface area contributed by atoms with Crippen LogP contribution in [0, 0.1) is 0 Å². The molecule has 7 heteroatoms. The first-order chi connectivity index (χ1) is 12.3. The molecule has 0 spiro atoms. The molecular formula is C18H20N4O2S. The van der Waals surface area contributed by atoms with Gasteiger partial charge in [-0.2, -0.15) is 0 Å². The summed E-state index contributed by atoms with van der Waals surface area (Å²) in [5, 5.41) is 9.04. The van der Waals surface area contributed by atoms with Gasteiger partial charge in [0.05, 0.1) is 13.7 Å². The topological polar surface area (TPSA) is 75.2 Å². The molecule has 0 atom stereocenters. The molecule has 0 aliphatic heterocycles. The van der Waals surface area contributed by atoms with Crippen molar-refractivity contribution in [3.8, 4) is 22.9 Å². The number of nitrogen functional groups attached to an aromatic ring is 1. The first-order valence-electron chi connectivity index (χ1n) is 7.93. The number of benzene rings is 2. The van der Waals surface area contributed by atoms with Crippen LogP contribution >= 0.6 is 11.8 Å². The van der Waals surface area contributed by atoms with Gasteiger partial charge in [-0.1, -0.05) is 30.0 Å². The predicted molar refractivity (Wildman–Crippen MR) is 99.4 cm³/mol. The molecule has 3 aromatic rings. The number of ether oxygens (including phenoxy) is 2. The lowest BCUT2D eigenvalue weighted by atomic mass is 10.2. The van der Waals surface area contributed by atoms with E-state index < -0.39 is 0 Å². The third-order valence-electron chi connectivity index (χ3n) is 3.54. The van der Waals surface area contributed by atoms with E-state index in [1.165, 1.54) is 4.68 Å². The normalized spacial score (nSPS) is 10.6. The van der Waals surface area contributed by atoms with Gasteiger partial charge in [-0.3, -0.25) is 0 Å². The van der Waals surface area contributed by atoms with E-state index >= 15 is 0 Å². The lowest BCUT2D eigenvalue weighted by molar-refractivity contribution is 0.318. The molecule has 2 N–H and O–H groups in total. The number of rotatable bonds is 8. The average Bonchev–Trinajstić information content (AvgIpc) is 3.03. The number of nitrogens with two attached hydrogens (primary N) is 1. The molecule has 25 heavy (non-hydrogen) atoms. The average molecular weight is 356 g/mol. The Bertz CT molecular complexity index is 791. The van der Waals surface area contributed by atoms with Crippen molar-refractivity contribution in [3.63, 3.8) is 0 Å². The number of para-hydroxylation sites is 1. The molecule has 0 amide bonds. The summed E-state index contributed by atoms with van der Waals surface area (Å²) in [5.74, 6) is 9.28. The van der Waals surface area contributed by atoms with Gasteiger partial charge in [0.2, 0.25) is 5.16 Å². The standard InChI is InChI=1S/C18H20N4O2S/c1-23-15-10-8-14(9-11-15)17-20-21-18(22(17)19)25-13-5-12-24-16-6-3-2-4-7-16/h2-4,6-11H,5,12-13,19H2,1H3. The Morgan fingerprint density at radius 1 is 1.00 bits per heavy atom. The van der Waals surface area contributed by atoms with Crippen LogP contribution in [0.2, 0.25) is 0 Å². The number of hydrogen-bond donors (Lipinski definition) is 1. The van der Waals surface area contributed by atoms with Gasteiger partial charge in [-0.05, 0) is 42.8 Å². The smallest absolute Gasteiger partial charge is 0.210 e. The summed E-state index contributed by atoms with van der Waals surface area (Å²) in [7, 11) is 1.64. The van der Waals surface area contributed by atoms with Crippen molar-refractivity contribution in [1.82, 2.24) is 14.9 Å². The Balaban J connectivity index is 1.51. The molecule has 0 aliphatic rings. The molecule has 1 heterocycles. The minimum Gasteiger partial charge on any atom is -0.497 e. The summed E-state index contributed by atoms with van der Waals surface area (Å²) in [6.07, 6.45) is 0.893. The molecule has 0 aliphatic carbocycles. The van der Waals surface area contributed by atoms with E-state index in [1.807, 2.05) is 54.6 Å². The zero-order chi connectivity index (χ0) is 17.5. The third kappa shape index (κ3) is 4.45. The van der Waals surface area contributed by atoms with Gasteiger partial charge in [0.25, 0.3) is 0 Å². The van der Waals surface area contributed by atoms with E-state index in [0.717, 1.165) is 29.2 Å². The third-order valence-corrected chi connectivity index (χ3v) is 4.57. The van der Waals surface area contributed by atoms with Crippen LogP contribution < -0.4 is 15.3 Å². The Labute approximate surface area is 150 Å². The highest BCUT2D eigenvalue weighted by molar-refractivity contribution is 7.99.